The van der Waals surface area contributed by atoms with Crippen LogP contribution in [0.2, 0.25) is 0 Å². The molecule has 6 heteroatoms. The lowest BCUT2D eigenvalue weighted by Gasteiger charge is -2.22. The predicted molar refractivity (Wildman–Crippen MR) is 82.2 cm³/mol. The molecule has 6 nitrogen and oxygen atoms in total. The van der Waals surface area contributed by atoms with Crippen LogP contribution in [0.4, 0.5) is 0 Å². The molecule has 0 unspecified atom stereocenters. The third kappa shape index (κ3) is 4.80. The van der Waals surface area contributed by atoms with Crippen LogP contribution < -0.4 is 5.32 Å². The average molecular weight is 309 g/mol. The van der Waals surface area contributed by atoms with Gasteiger partial charge in [0.25, 0.3) is 0 Å². The second-order valence-corrected chi connectivity index (χ2v) is 6.03. The molecule has 1 amide bonds. The molecule has 1 aliphatic carbocycles. The summed E-state index contributed by atoms with van der Waals surface area (Å²) < 4.78 is 10.9. The maximum Gasteiger partial charge on any atom is 0.249 e. The Balaban J connectivity index is 1.86. The molecular weight excluding hydrogens is 282 g/mol. The molecule has 0 radical (unpaired) electrons. The molecule has 2 atom stereocenters. The average Bonchev–Trinajstić information content (AvgIpc) is 2.77. The predicted octanol–water partition coefficient (Wildman–Crippen LogP) is 3.07. The van der Waals surface area contributed by atoms with Crippen LogP contribution in [-0.2, 0) is 9.53 Å². The van der Waals surface area contributed by atoms with Gasteiger partial charge in [-0.25, -0.2) is 0 Å². The van der Waals surface area contributed by atoms with Crippen LogP contribution in [0.3, 0.4) is 0 Å². The standard InChI is InChI=1S/C16H27N3O3/c1-4-14(15-17-12(3)22-19-15)18-16(20)11(2)21-13-9-7-5-6-8-10-13/h11,13-14H,4-10H2,1-3H3,(H,18,20)/t11-,14+/m0/s1. The van der Waals surface area contributed by atoms with Gasteiger partial charge in [0.05, 0.1) is 12.1 Å². The number of nitrogens with one attached hydrogen (secondary N) is 1. The van der Waals surface area contributed by atoms with Crippen molar-refractivity contribution in [3.63, 3.8) is 0 Å². The zero-order chi connectivity index (χ0) is 15.9. The van der Waals surface area contributed by atoms with Crippen molar-refractivity contribution in [3.8, 4) is 0 Å². The Bertz CT molecular complexity index is 467. The van der Waals surface area contributed by atoms with Crippen LogP contribution in [-0.4, -0.2) is 28.3 Å². The van der Waals surface area contributed by atoms with Crippen LogP contribution in [0.15, 0.2) is 4.52 Å². The van der Waals surface area contributed by atoms with Crippen molar-refractivity contribution in [1.29, 1.82) is 0 Å². The molecule has 0 saturated heterocycles. The van der Waals surface area contributed by atoms with Gasteiger partial charge >= 0.3 is 0 Å². The molecule has 1 fully saturated rings. The van der Waals surface area contributed by atoms with Gasteiger partial charge in [-0.3, -0.25) is 4.79 Å². The van der Waals surface area contributed by atoms with E-state index in [1.54, 1.807) is 6.92 Å². The molecule has 0 aromatic carbocycles. The van der Waals surface area contributed by atoms with Gasteiger partial charge in [-0.2, -0.15) is 4.98 Å². The van der Waals surface area contributed by atoms with Gasteiger partial charge < -0.3 is 14.6 Å². The number of amides is 1. The highest BCUT2D eigenvalue weighted by Gasteiger charge is 2.24. The summed E-state index contributed by atoms with van der Waals surface area (Å²) in [5.41, 5.74) is 0. The highest BCUT2D eigenvalue weighted by molar-refractivity contribution is 5.80. The normalized spacial score (nSPS) is 19.4. The third-order valence-electron chi connectivity index (χ3n) is 4.15. The minimum atomic E-state index is -0.454. The number of carbonyl (C=O) groups excluding carboxylic acids is 1. The molecule has 1 N–H and O–H groups in total. The SMILES string of the molecule is CC[C@@H](NC(=O)[C@H](C)OC1CCCCCC1)c1noc(C)n1. The van der Waals surface area contributed by atoms with E-state index in [1.165, 1.54) is 25.7 Å². The first-order valence-corrected chi connectivity index (χ1v) is 8.36. The minimum absolute atomic E-state index is 0.112. The van der Waals surface area contributed by atoms with Gasteiger partial charge in [-0.05, 0) is 26.2 Å². The fourth-order valence-corrected chi connectivity index (χ4v) is 2.82. The van der Waals surface area contributed by atoms with Crippen molar-refractivity contribution < 1.29 is 14.1 Å². The lowest BCUT2D eigenvalue weighted by atomic mass is 10.1. The Morgan fingerprint density at radius 1 is 1.36 bits per heavy atom. The van der Waals surface area contributed by atoms with E-state index < -0.39 is 6.10 Å². The summed E-state index contributed by atoms with van der Waals surface area (Å²) >= 11 is 0. The fraction of sp³-hybridized carbons (Fsp3) is 0.812. The molecule has 1 aromatic heterocycles. The highest BCUT2D eigenvalue weighted by atomic mass is 16.5. The van der Waals surface area contributed by atoms with Gasteiger partial charge in [-0.1, -0.05) is 37.8 Å². The Labute approximate surface area is 132 Å². The molecule has 1 heterocycles. The first-order chi connectivity index (χ1) is 10.6. The summed E-state index contributed by atoms with van der Waals surface area (Å²) in [7, 11) is 0. The molecule has 0 aliphatic heterocycles. The molecule has 1 aromatic rings. The Morgan fingerprint density at radius 3 is 2.59 bits per heavy atom. The summed E-state index contributed by atoms with van der Waals surface area (Å²) in [4.78, 5) is 16.5. The second-order valence-electron chi connectivity index (χ2n) is 6.03. The first-order valence-electron chi connectivity index (χ1n) is 8.36. The Hall–Kier alpha value is -1.43. The molecule has 0 spiro atoms. The maximum absolute atomic E-state index is 12.3. The van der Waals surface area contributed by atoms with Crippen molar-refractivity contribution >= 4 is 5.91 Å². The van der Waals surface area contributed by atoms with E-state index in [4.69, 9.17) is 9.26 Å². The lowest BCUT2D eigenvalue weighted by molar-refractivity contribution is -0.136. The van der Waals surface area contributed by atoms with Gasteiger partial charge in [0, 0.05) is 6.92 Å². The van der Waals surface area contributed by atoms with E-state index in [-0.39, 0.29) is 18.1 Å². The molecule has 1 saturated carbocycles. The molecule has 22 heavy (non-hydrogen) atoms. The Kier molecular flexibility index (Phi) is 6.36. The van der Waals surface area contributed by atoms with Crippen molar-refractivity contribution in [2.45, 2.75) is 84.0 Å². The lowest BCUT2D eigenvalue weighted by Crippen LogP contribution is -2.39. The summed E-state index contributed by atoms with van der Waals surface area (Å²) in [6.07, 6.45) is 7.50. The van der Waals surface area contributed by atoms with Crippen molar-refractivity contribution in [2.24, 2.45) is 0 Å². The van der Waals surface area contributed by atoms with Crippen LogP contribution in [0, 0.1) is 6.92 Å². The molecule has 2 rings (SSSR count). The van der Waals surface area contributed by atoms with Crippen LogP contribution in [0.1, 0.15) is 76.6 Å². The highest BCUT2D eigenvalue weighted by Crippen LogP contribution is 2.21. The number of carbonyl (C=O) groups is 1. The minimum Gasteiger partial charge on any atom is -0.365 e. The molecular formula is C16H27N3O3. The smallest absolute Gasteiger partial charge is 0.249 e. The number of nitrogens with zero attached hydrogens (tertiary/aromatic N) is 2. The van der Waals surface area contributed by atoms with E-state index in [0.29, 0.717) is 18.1 Å². The van der Waals surface area contributed by atoms with Crippen LogP contribution >= 0.6 is 0 Å². The summed E-state index contributed by atoms with van der Waals surface area (Å²) in [6, 6.07) is -0.231. The zero-order valence-corrected chi connectivity index (χ0v) is 13.8. The number of ether oxygens (including phenoxy) is 1. The van der Waals surface area contributed by atoms with Crippen molar-refractivity contribution in [2.75, 3.05) is 0 Å². The van der Waals surface area contributed by atoms with Gasteiger partial charge in [0.1, 0.15) is 6.10 Å². The molecule has 124 valence electrons. The fourth-order valence-electron chi connectivity index (χ4n) is 2.82. The van der Waals surface area contributed by atoms with E-state index in [1.807, 2.05) is 13.8 Å². The zero-order valence-electron chi connectivity index (χ0n) is 13.8. The van der Waals surface area contributed by atoms with Crippen LogP contribution in [0.25, 0.3) is 0 Å². The second kappa shape index (κ2) is 8.27. The summed E-state index contributed by atoms with van der Waals surface area (Å²) in [6.45, 7) is 5.53. The van der Waals surface area contributed by atoms with E-state index in [2.05, 4.69) is 15.5 Å². The van der Waals surface area contributed by atoms with E-state index in [9.17, 15) is 4.79 Å². The number of rotatable bonds is 6. The largest absolute Gasteiger partial charge is 0.365 e. The quantitative estimate of drug-likeness (QED) is 0.817. The first kappa shape index (κ1) is 16.9. The number of hydrogen-bond donors (Lipinski definition) is 1. The number of aromatic nitrogens is 2. The molecule has 0 bridgehead atoms. The number of aryl methyl sites for hydroxylation is 1. The van der Waals surface area contributed by atoms with Gasteiger partial charge in [0.15, 0.2) is 5.82 Å². The van der Waals surface area contributed by atoms with E-state index >= 15 is 0 Å². The topological polar surface area (TPSA) is 77.2 Å². The maximum atomic E-state index is 12.3. The van der Waals surface area contributed by atoms with Crippen LogP contribution in [0.5, 0.6) is 0 Å². The third-order valence-corrected chi connectivity index (χ3v) is 4.15. The Morgan fingerprint density at radius 2 is 2.05 bits per heavy atom. The summed E-state index contributed by atoms with van der Waals surface area (Å²) in [5, 5.41) is 6.84. The van der Waals surface area contributed by atoms with Gasteiger partial charge in [0.2, 0.25) is 11.8 Å². The van der Waals surface area contributed by atoms with Crippen molar-refractivity contribution in [3.05, 3.63) is 11.7 Å². The monoisotopic (exact) mass is 309 g/mol. The van der Waals surface area contributed by atoms with E-state index in [0.717, 1.165) is 12.8 Å². The number of hydrogen-bond acceptors (Lipinski definition) is 5. The van der Waals surface area contributed by atoms with Gasteiger partial charge in [-0.15, -0.1) is 0 Å². The van der Waals surface area contributed by atoms with Crippen molar-refractivity contribution in [1.82, 2.24) is 15.5 Å². The molecule has 1 aliphatic rings. The summed E-state index contributed by atoms with van der Waals surface area (Å²) in [5.74, 6) is 0.916.